The lowest BCUT2D eigenvalue weighted by Gasteiger charge is -2.19. The van der Waals surface area contributed by atoms with Crippen LogP contribution in [0, 0.1) is 0 Å². The van der Waals surface area contributed by atoms with Gasteiger partial charge >= 0.3 is 5.97 Å². The second-order valence-electron chi connectivity index (χ2n) is 7.12. The van der Waals surface area contributed by atoms with Gasteiger partial charge in [0, 0.05) is 24.3 Å². The van der Waals surface area contributed by atoms with Crippen molar-refractivity contribution in [1.29, 1.82) is 0 Å². The molecule has 0 atom stereocenters. The Hall–Kier alpha value is -2.82. The van der Waals surface area contributed by atoms with Gasteiger partial charge in [-0.1, -0.05) is 39.0 Å². The Morgan fingerprint density at radius 1 is 1.00 bits per heavy atom. The van der Waals surface area contributed by atoms with Crippen LogP contribution in [0.1, 0.15) is 43.1 Å². The number of methoxy groups -OCH3 is 1. The maximum absolute atomic E-state index is 12.1. The molecule has 0 aliphatic heterocycles. The zero-order valence-electron chi connectivity index (χ0n) is 15.8. The highest BCUT2D eigenvalue weighted by Gasteiger charge is 2.12. The Morgan fingerprint density at radius 2 is 1.69 bits per heavy atom. The average Bonchev–Trinajstić information content (AvgIpc) is 2.61. The lowest BCUT2D eigenvalue weighted by molar-refractivity contribution is -0.115. The summed E-state index contributed by atoms with van der Waals surface area (Å²) in [5, 5.41) is 6.03. The predicted molar refractivity (Wildman–Crippen MR) is 105 cm³/mol. The zero-order valence-corrected chi connectivity index (χ0v) is 15.8. The second-order valence-corrected chi connectivity index (χ2v) is 7.12. The summed E-state index contributed by atoms with van der Waals surface area (Å²) in [5.74, 6) is -0.549. The molecule has 0 fully saturated rings. The van der Waals surface area contributed by atoms with Crippen molar-refractivity contribution >= 4 is 23.3 Å². The minimum absolute atomic E-state index is 0.120. The van der Waals surface area contributed by atoms with Gasteiger partial charge < -0.3 is 15.4 Å². The van der Waals surface area contributed by atoms with E-state index in [1.165, 1.54) is 12.7 Å². The number of anilines is 2. The smallest absolute Gasteiger partial charge is 0.337 e. The van der Waals surface area contributed by atoms with Gasteiger partial charge in [-0.15, -0.1) is 0 Å². The van der Waals surface area contributed by atoms with Gasteiger partial charge in [-0.05, 0) is 41.3 Å². The SMILES string of the molecule is COC(=O)c1cccc(NC(=O)CCNc2ccc(C(C)(C)C)cc2)c1. The Bertz CT molecular complexity index is 762. The number of nitrogens with one attached hydrogen (secondary N) is 2. The van der Waals surface area contributed by atoms with Crippen molar-refractivity contribution in [3.8, 4) is 0 Å². The highest BCUT2D eigenvalue weighted by atomic mass is 16.5. The molecule has 0 aliphatic carbocycles. The second kappa shape index (κ2) is 8.52. The van der Waals surface area contributed by atoms with Gasteiger partial charge in [0.05, 0.1) is 12.7 Å². The summed E-state index contributed by atoms with van der Waals surface area (Å²) in [5.41, 5.74) is 3.36. The zero-order chi connectivity index (χ0) is 19.2. The van der Waals surface area contributed by atoms with Crippen LogP contribution in [-0.2, 0) is 14.9 Å². The van der Waals surface area contributed by atoms with Crippen molar-refractivity contribution in [3.05, 3.63) is 59.7 Å². The summed E-state index contributed by atoms with van der Waals surface area (Å²) in [4.78, 5) is 23.6. The molecule has 0 saturated heterocycles. The van der Waals surface area contributed by atoms with Crippen molar-refractivity contribution < 1.29 is 14.3 Å². The van der Waals surface area contributed by atoms with E-state index in [2.05, 4.69) is 48.3 Å². The first-order valence-corrected chi connectivity index (χ1v) is 8.62. The molecule has 2 rings (SSSR count). The Labute approximate surface area is 154 Å². The lowest BCUT2D eigenvalue weighted by atomic mass is 9.87. The number of hydrogen-bond donors (Lipinski definition) is 2. The number of rotatable bonds is 6. The number of amides is 1. The number of esters is 1. The first-order valence-electron chi connectivity index (χ1n) is 8.62. The monoisotopic (exact) mass is 354 g/mol. The molecule has 0 aliphatic rings. The molecule has 2 aromatic rings. The molecule has 2 aromatic carbocycles. The topological polar surface area (TPSA) is 67.4 Å². The van der Waals surface area contributed by atoms with E-state index < -0.39 is 5.97 Å². The minimum atomic E-state index is -0.429. The predicted octanol–water partition coefficient (Wildman–Crippen LogP) is 4.21. The molecule has 0 heterocycles. The molecule has 0 bridgehead atoms. The third-order valence-electron chi connectivity index (χ3n) is 4.00. The summed E-state index contributed by atoms with van der Waals surface area (Å²) in [6, 6.07) is 14.9. The number of ether oxygens (including phenoxy) is 1. The molecule has 0 aromatic heterocycles. The van der Waals surface area contributed by atoms with Crippen LogP contribution in [0.4, 0.5) is 11.4 Å². The number of hydrogen-bond acceptors (Lipinski definition) is 4. The van der Waals surface area contributed by atoms with Crippen LogP contribution in [0.2, 0.25) is 0 Å². The van der Waals surface area contributed by atoms with Crippen LogP contribution in [0.3, 0.4) is 0 Å². The Balaban J connectivity index is 1.83. The van der Waals surface area contributed by atoms with Gasteiger partial charge in [-0.25, -0.2) is 4.79 Å². The lowest BCUT2D eigenvalue weighted by Crippen LogP contribution is -2.16. The summed E-state index contributed by atoms with van der Waals surface area (Å²) in [6.07, 6.45) is 0.323. The number of carbonyl (C=O) groups excluding carboxylic acids is 2. The van der Waals surface area contributed by atoms with Gasteiger partial charge in [0.1, 0.15) is 0 Å². The van der Waals surface area contributed by atoms with E-state index in [0.29, 0.717) is 24.2 Å². The van der Waals surface area contributed by atoms with Gasteiger partial charge in [0.15, 0.2) is 0 Å². The fourth-order valence-corrected chi connectivity index (χ4v) is 2.47. The van der Waals surface area contributed by atoms with Crippen molar-refractivity contribution in [2.24, 2.45) is 0 Å². The van der Waals surface area contributed by atoms with Gasteiger partial charge in [-0.3, -0.25) is 4.79 Å². The summed E-state index contributed by atoms with van der Waals surface area (Å²) >= 11 is 0. The fraction of sp³-hybridized carbons (Fsp3) is 0.333. The Morgan fingerprint density at radius 3 is 2.31 bits per heavy atom. The third kappa shape index (κ3) is 5.62. The maximum atomic E-state index is 12.1. The van der Waals surface area contributed by atoms with Crippen LogP contribution in [0.25, 0.3) is 0 Å². The largest absolute Gasteiger partial charge is 0.465 e. The van der Waals surface area contributed by atoms with Crippen LogP contribution < -0.4 is 10.6 Å². The molecule has 1 amide bonds. The van der Waals surface area contributed by atoms with Crippen LogP contribution >= 0.6 is 0 Å². The standard InChI is InChI=1S/C21H26N2O3/c1-21(2,3)16-8-10-17(11-9-16)22-13-12-19(24)23-18-7-5-6-15(14-18)20(25)26-4/h5-11,14,22H,12-13H2,1-4H3,(H,23,24). The number of benzene rings is 2. The van der Waals surface area contributed by atoms with Crippen molar-refractivity contribution in [3.63, 3.8) is 0 Å². The summed E-state index contributed by atoms with van der Waals surface area (Å²) < 4.78 is 4.68. The van der Waals surface area contributed by atoms with Crippen molar-refractivity contribution in [2.45, 2.75) is 32.6 Å². The van der Waals surface area contributed by atoms with Crippen LogP contribution in [-0.4, -0.2) is 25.5 Å². The van der Waals surface area contributed by atoms with E-state index in [1.54, 1.807) is 24.3 Å². The van der Waals surface area contributed by atoms with Crippen molar-refractivity contribution in [1.82, 2.24) is 0 Å². The molecule has 0 saturated carbocycles. The molecule has 5 heteroatoms. The highest BCUT2D eigenvalue weighted by molar-refractivity contribution is 5.94. The van der Waals surface area contributed by atoms with Crippen molar-refractivity contribution in [2.75, 3.05) is 24.3 Å². The summed E-state index contributed by atoms with van der Waals surface area (Å²) in [6.45, 7) is 7.05. The molecule has 0 unspecified atom stereocenters. The van der Waals surface area contributed by atoms with E-state index in [0.717, 1.165) is 5.69 Å². The molecular formula is C21H26N2O3. The third-order valence-corrected chi connectivity index (χ3v) is 4.00. The van der Waals surface area contributed by atoms with Gasteiger partial charge in [0.2, 0.25) is 5.91 Å². The van der Waals surface area contributed by atoms with E-state index in [-0.39, 0.29) is 11.3 Å². The fourth-order valence-electron chi connectivity index (χ4n) is 2.47. The van der Waals surface area contributed by atoms with Crippen LogP contribution in [0.15, 0.2) is 48.5 Å². The number of carbonyl (C=O) groups is 2. The van der Waals surface area contributed by atoms with Gasteiger partial charge in [0.25, 0.3) is 0 Å². The van der Waals surface area contributed by atoms with Gasteiger partial charge in [-0.2, -0.15) is 0 Å². The minimum Gasteiger partial charge on any atom is -0.465 e. The first kappa shape index (κ1) is 19.5. The summed E-state index contributed by atoms with van der Waals surface area (Å²) in [7, 11) is 1.33. The highest BCUT2D eigenvalue weighted by Crippen LogP contribution is 2.23. The molecular weight excluding hydrogens is 328 g/mol. The maximum Gasteiger partial charge on any atom is 0.337 e. The quantitative estimate of drug-likeness (QED) is 0.763. The first-order chi connectivity index (χ1) is 12.3. The van der Waals surface area contributed by atoms with Crippen LogP contribution in [0.5, 0.6) is 0 Å². The molecule has 0 spiro atoms. The molecule has 0 radical (unpaired) electrons. The van der Waals surface area contributed by atoms with E-state index in [1.807, 2.05) is 12.1 Å². The Kier molecular flexibility index (Phi) is 6.39. The van der Waals surface area contributed by atoms with E-state index >= 15 is 0 Å². The molecule has 138 valence electrons. The van der Waals surface area contributed by atoms with E-state index in [9.17, 15) is 9.59 Å². The molecule has 26 heavy (non-hydrogen) atoms. The molecule has 5 nitrogen and oxygen atoms in total. The molecule has 2 N–H and O–H groups in total. The average molecular weight is 354 g/mol. The van der Waals surface area contributed by atoms with E-state index in [4.69, 9.17) is 0 Å². The normalized spacial score (nSPS) is 10.9.